The van der Waals surface area contributed by atoms with Crippen molar-refractivity contribution in [1.82, 2.24) is 0 Å². The van der Waals surface area contributed by atoms with E-state index in [0.717, 1.165) is 0 Å². The predicted molar refractivity (Wildman–Crippen MR) is 197 cm³/mol. The van der Waals surface area contributed by atoms with Crippen molar-refractivity contribution in [1.29, 1.82) is 0 Å². The highest BCUT2D eigenvalue weighted by molar-refractivity contribution is 6.26. The summed E-state index contributed by atoms with van der Waals surface area (Å²) in [5.74, 6) is 0. The van der Waals surface area contributed by atoms with Gasteiger partial charge in [0.05, 0.1) is 0 Å². The van der Waals surface area contributed by atoms with Gasteiger partial charge in [-0.05, 0) is 111 Å². The summed E-state index contributed by atoms with van der Waals surface area (Å²) in [6.45, 7) is 0. The van der Waals surface area contributed by atoms with E-state index in [-0.39, 0.29) is 0 Å². The molecular weight excluding hydrogens is 553 g/mol. The molecule has 212 valence electrons. The van der Waals surface area contributed by atoms with Gasteiger partial charge >= 0.3 is 0 Å². The fourth-order valence-electron chi connectivity index (χ4n) is 7.96. The molecule has 0 unspecified atom stereocenters. The summed E-state index contributed by atoms with van der Waals surface area (Å²) in [5, 5.41) is 10.3. The Morgan fingerprint density at radius 2 is 0.804 bits per heavy atom. The van der Waals surface area contributed by atoms with E-state index in [1.54, 1.807) is 0 Å². The quantitative estimate of drug-likeness (QED) is 0.182. The monoisotopic (exact) mass is 580 g/mol. The van der Waals surface area contributed by atoms with Gasteiger partial charge < -0.3 is 0 Å². The molecule has 0 heteroatoms. The number of rotatable bonds is 3. The number of hydrogen-bond donors (Lipinski definition) is 0. The van der Waals surface area contributed by atoms with Crippen LogP contribution in [-0.4, -0.2) is 0 Å². The second kappa shape index (κ2) is 9.76. The highest BCUT2D eigenvalue weighted by atomic mass is 14.3. The van der Waals surface area contributed by atoms with Crippen LogP contribution in [-0.2, 0) is 0 Å². The Morgan fingerprint density at radius 3 is 1.63 bits per heavy atom. The van der Waals surface area contributed by atoms with Crippen molar-refractivity contribution in [2.24, 2.45) is 0 Å². The number of hydrogen-bond acceptors (Lipinski definition) is 0. The molecule has 0 saturated carbocycles. The van der Waals surface area contributed by atoms with E-state index in [2.05, 4.69) is 170 Å². The summed E-state index contributed by atoms with van der Waals surface area (Å²) in [5.41, 5.74) is 12.9. The van der Waals surface area contributed by atoms with Gasteiger partial charge in [0.2, 0.25) is 0 Å². The number of benzene rings is 9. The minimum atomic E-state index is 1.23. The van der Waals surface area contributed by atoms with Crippen LogP contribution in [0.15, 0.2) is 170 Å². The maximum absolute atomic E-state index is 2.44. The van der Waals surface area contributed by atoms with Gasteiger partial charge in [0, 0.05) is 0 Å². The van der Waals surface area contributed by atoms with Crippen molar-refractivity contribution in [3.05, 3.63) is 170 Å². The SMILES string of the molecule is c1ccc(-c2c3ccccc3c(-c3ccc4c5c(cccc35)-c3ccccc3-4)c3cc(-c4ccc5ccccc5c4)ccc23)cc1. The molecular formula is C46H28. The fourth-order valence-corrected chi connectivity index (χ4v) is 7.96. The second-order valence-corrected chi connectivity index (χ2v) is 12.4. The van der Waals surface area contributed by atoms with Crippen LogP contribution in [0.4, 0.5) is 0 Å². The molecule has 1 aliphatic rings. The molecule has 0 spiro atoms. The third-order valence-corrected chi connectivity index (χ3v) is 9.99. The van der Waals surface area contributed by atoms with Crippen LogP contribution < -0.4 is 0 Å². The Balaban J connectivity index is 1.34. The lowest BCUT2D eigenvalue weighted by atomic mass is 9.83. The van der Waals surface area contributed by atoms with E-state index in [1.165, 1.54) is 98.7 Å². The lowest BCUT2D eigenvalue weighted by Crippen LogP contribution is -1.93. The average Bonchev–Trinajstić information content (AvgIpc) is 3.46. The zero-order valence-corrected chi connectivity index (χ0v) is 25.2. The van der Waals surface area contributed by atoms with Crippen LogP contribution in [0, 0.1) is 0 Å². The van der Waals surface area contributed by atoms with Gasteiger partial charge in [-0.2, -0.15) is 0 Å². The number of fused-ring (bicyclic) bond motifs is 6. The Morgan fingerprint density at radius 1 is 0.239 bits per heavy atom. The lowest BCUT2D eigenvalue weighted by Gasteiger charge is -2.20. The largest absolute Gasteiger partial charge is 0.0622 e. The standard InChI is InChI=1S/C46H28/c1-2-12-30(13-3-1)44-37-17-8-9-18-38(37)46(41-26-25-40-35-16-7-6-15-34(35)36-19-10-20-39(41)45(36)40)43-28-33(23-24-42(43)44)32-22-21-29-11-4-5-14-31(29)27-32/h1-28H. The minimum absolute atomic E-state index is 1.23. The summed E-state index contributed by atoms with van der Waals surface area (Å²) in [6, 6.07) is 62.8. The van der Waals surface area contributed by atoms with Gasteiger partial charge in [0.1, 0.15) is 0 Å². The van der Waals surface area contributed by atoms with Gasteiger partial charge in [0.15, 0.2) is 0 Å². The molecule has 0 saturated heterocycles. The summed E-state index contributed by atoms with van der Waals surface area (Å²) in [4.78, 5) is 0. The zero-order chi connectivity index (χ0) is 30.2. The van der Waals surface area contributed by atoms with Gasteiger partial charge in [-0.1, -0.05) is 158 Å². The van der Waals surface area contributed by atoms with E-state index in [0.29, 0.717) is 0 Å². The van der Waals surface area contributed by atoms with Gasteiger partial charge in [-0.25, -0.2) is 0 Å². The molecule has 0 nitrogen and oxygen atoms in total. The normalized spacial score (nSPS) is 11.9. The molecule has 0 radical (unpaired) electrons. The molecule has 0 amide bonds. The van der Waals surface area contributed by atoms with Crippen LogP contribution in [0.1, 0.15) is 0 Å². The first-order valence-electron chi connectivity index (χ1n) is 16.0. The molecule has 46 heavy (non-hydrogen) atoms. The highest BCUT2D eigenvalue weighted by Gasteiger charge is 2.24. The van der Waals surface area contributed by atoms with Crippen LogP contribution in [0.3, 0.4) is 0 Å². The molecule has 0 aliphatic heterocycles. The van der Waals surface area contributed by atoms with E-state index in [9.17, 15) is 0 Å². The summed E-state index contributed by atoms with van der Waals surface area (Å²) in [6.07, 6.45) is 0. The maximum atomic E-state index is 2.44. The fraction of sp³-hybridized carbons (Fsp3) is 0. The highest BCUT2D eigenvalue weighted by Crippen LogP contribution is 2.52. The first-order chi connectivity index (χ1) is 22.8. The van der Waals surface area contributed by atoms with Crippen molar-refractivity contribution < 1.29 is 0 Å². The third kappa shape index (κ3) is 3.62. The summed E-state index contributed by atoms with van der Waals surface area (Å²) < 4.78 is 0. The molecule has 9 aromatic rings. The lowest BCUT2D eigenvalue weighted by molar-refractivity contribution is 1.65. The molecule has 10 rings (SSSR count). The van der Waals surface area contributed by atoms with Crippen LogP contribution >= 0.6 is 0 Å². The van der Waals surface area contributed by atoms with E-state index >= 15 is 0 Å². The Labute approximate surface area is 267 Å². The minimum Gasteiger partial charge on any atom is -0.0622 e. The van der Waals surface area contributed by atoms with Crippen molar-refractivity contribution in [2.75, 3.05) is 0 Å². The van der Waals surface area contributed by atoms with E-state index in [4.69, 9.17) is 0 Å². The maximum Gasteiger partial charge on any atom is -0.00199 e. The Kier molecular flexibility index (Phi) is 5.38. The van der Waals surface area contributed by atoms with Crippen LogP contribution in [0.2, 0.25) is 0 Å². The molecule has 1 aliphatic carbocycles. The smallest absolute Gasteiger partial charge is 0.00199 e. The van der Waals surface area contributed by atoms with Gasteiger partial charge in [-0.15, -0.1) is 0 Å². The Bertz CT molecular complexity index is 2650. The zero-order valence-electron chi connectivity index (χ0n) is 25.2. The van der Waals surface area contributed by atoms with E-state index in [1.807, 2.05) is 0 Å². The third-order valence-electron chi connectivity index (χ3n) is 9.99. The molecule has 0 bridgehead atoms. The topological polar surface area (TPSA) is 0 Å². The average molecular weight is 581 g/mol. The predicted octanol–water partition coefficient (Wildman–Crippen LogP) is 12.9. The second-order valence-electron chi connectivity index (χ2n) is 12.4. The van der Waals surface area contributed by atoms with Crippen molar-refractivity contribution in [3.8, 4) is 55.6 Å². The molecule has 0 atom stereocenters. The molecule has 0 aromatic heterocycles. The van der Waals surface area contributed by atoms with Crippen molar-refractivity contribution in [2.45, 2.75) is 0 Å². The molecule has 0 heterocycles. The molecule has 0 N–H and O–H groups in total. The van der Waals surface area contributed by atoms with Crippen LogP contribution in [0.5, 0.6) is 0 Å². The van der Waals surface area contributed by atoms with Gasteiger partial charge in [0.25, 0.3) is 0 Å². The van der Waals surface area contributed by atoms with E-state index < -0.39 is 0 Å². The van der Waals surface area contributed by atoms with Crippen LogP contribution in [0.25, 0.3) is 98.7 Å². The first kappa shape index (κ1) is 25.4. The summed E-state index contributed by atoms with van der Waals surface area (Å²) >= 11 is 0. The molecule has 0 fully saturated rings. The Hall–Kier alpha value is -5.98. The summed E-state index contributed by atoms with van der Waals surface area (Å²) in [7, 11) is 0. The van der Waals surface area contributed by atoms with Crippen molar-refractivity contribution >= 4 is 43.1 Å². The van der Waals surface area contributed by atoms with Gasteiger partial charge in [-0.3, -0.25) is 0 Å². The first-order valence-corrected chi connectivity index (χ1v) is 16.0. The molecule has 9 aromatic carbocycles. The van der Waals surface area contributed by atoms with Crippen molar-refractivity contribution in [3.63, 3.8) is 0 Å².